The third-order valence-electron chi connectivity index (χ3n) is 3.26. The Kier molecular flexibility index (Phi) is 3.94. The van der Waals surface area contributed by atoms with Crippen molar-refractivity contribution in [3.05, 3.63) is 24.0 Å². The molecule has 1 aliphatic carbocycles. The van der Waals surface area contributed by atoms with Crippen molar-refractivity contribution >= 4 is 17.4 Å². The van der Waals surface area contributed by atoms with Gasteiger partial charge in [-0.3, -0.25) is 0 Å². The molecule has 0 aromatic heterocycles. The van der Waals surface area contributed by atoms with Crippen molar-refractivity contribution in [3.63, 3.8) is 0 Å². The molecule has 0 aliphatic heterocycles. The lowest BCUT2D eigenvalue weighted by atomic mass is 9.86. The molecule has 0 bridgehead atoms. The summed E-state index contributed by atoms with van der Waals surface area (Å²) in [7, 11) is 0. The molecule has 0 heterocycles. The van der Waals surface area contributed by atoms with E-state index in [2.05, 4.69) is 0 Å². The van der Waals surface area contributed by atoms with Gasteiger partial charge in [-0.1, -0.05) is 19.3 Å². The maximum atomic E-state index is 13.1. The zero-order valence-electron chi connectivity index (χ0n) is 9.79. The molecule has 4 heteroatoms. The van der Waals surface area contributed by atoms with Gasteiger partial charge in [0.1, 0.15) is 5.82 Å². The number of thioether (sulfide) groups is 1. The van der Waals surface area contributed by atoms with Gasteiger partial charge in [-0.2, -0.15) is 0 Å². The van der Waals surface area contributed by atoms with E-state index in [0.29, 0.717) is 11.4 Å². The maximum Gasteiger partial charge on any atom is 0.124 e. The van der Waals surface area contributed by atoms with Gasteiger partial charge in [0, 0.05) is 16.3 Å². The molecule has 1 aliphatic rings. The number of aliphatic hydroxyl groups is 1. The van der Waals surface area contributed by atoms with Crippen LogP contribution < -0.4 is 5.73 Å². The Labute approximate surface area is 105 Å². The van der Waals surface area contributed by atoms with Gasteiger partial charge in [-0.15, -0.1) is 11.8 Å². The minimum atomic E-state index is -0.596. The number of nitrogens with two attached hydrogens (primary N) is 1. The summed E-state index contributed by atoms with van der Waals surface area (Å²) in [5.74, 6) is 0.318. The summed E-state index contributed by atoms with van der Waals surface area (Å²) in [5, 5.41) is 10.3. The summed E-state index contributed by atoms with van der Waals surface area (Å²) in [6.07, 6.45) is 5.05. The molecule has 2 rings (SSSR count). The largest absolute Gasteiger partial charge is 0.398 e. The fraction of sp³-hybridized carbons (Fsp3) is 0.538. The Morgan fingerprint density at radius 3 is 2.71 bits per heavy atom. The third-order valence-corrected chi connectivity index (χ3v) is 4.60. The SMILES string of the molecule is Nc1ccc(F)cc1SCC1(O)CCCCC1. The minimum absolute atomic E-state index is 0.280. The average Bonchev–Trinajstić information content (AvgIpc) is 2.31. The summed E-state index contributed by atoms with van der Waals surface area (Å²) in [4.78, 5) is 0.726. The van der Waals surface area contributed by atoms with Crippen molar-refractivity contribution in [2.75, 3.05) is 11.5 Å². The van der Waals surface area contributed by atoms with Crippen molar-refractivity contribution < 1.29 is 9.50 Å². The molecular weight excluding hydrogens is 237 g/mol. The number of benzene rings is 1. The number of hydrogen-bond donors (Lipinski definition) is 2. The van der Waals surface area contributed by atoms with Crippen LogP contribution in [0.25, 0.3) is 0 Å². The first-order valence-electron chi connectivity index (χ1n) is 5.99. The second-order valence-electron chi connectivity index (χ2n) is 4.76. The highest BCUT2D eigenvalue weighted by Gasteiger charge is 2.29. The Morgan fingerprint density at radius 1 is 1.29 bits per heavy atom. The second kappa shape index (κ2) is 5.27. The lowest BCUT2D eigenvalue weighted by Gasteiger charge is -2.31. The first kappa shape index (κ1) is 12.7. The predicted octanol–water partition coefficient (Wildman–Crippen LogP) is 3.20. The molecule has 2 nitrogen and oxygen atoms in total. The van der Waals surface area contributed by atoms with Crippen molar-refractivity contribution in [2.24, 2.45) is 0 Å². The number of hydrogen-bond acceptors (Lipinski definition) is 3. The fourth-order valence-corrected chi connectivity index (χ4v) is 3.34. The quantitative estimate of drug-likeness (QED) is 0.644. The molecule has 0 amide bonds. The first-order chi connectivity index (χ1) is 8.09. The Hall–Kier alpha value is -0.740. The molecule has 1 saturated carbocycles. The monoisotopic (exact) mass is 255 g/mol. The van der Waals surface area contributed by atoms with E-state index in [0.717, 1.165) is 30.6 Å². The highest BCUT2D eigenvalue weighted by Crippen LogP contribution is 2.35. The topological polar surface area (TPSA) is 46.2 Å². The van der Waals surface area contributed by atoms with Gasteiger partial charge in [0.25, 0.3) is 0 Å². The van der Waals surface area contributed by atoms with E-state index < -0.39 is 5.60 Å². The van der Waals surface area contributed by atoms with Crippen LogP contribution in [0.3, 0.4) is 0 Å². The van der Waals surface area contributed by atoms with Gasteiger partial charge in [-0.05, 0) is 31.0 Å². The van der Waals surface area contributed by atoms with Gasteiger partial charge in [0.2, 0.25) is 0 Å². The number of nitrogen functional groups attached to an aromatic ring is 1. The van der Waals surface area contributed by atoms with Crippen LogP contribution in [0.2, 0.25) is 0 Å². The summed E-state index contributed by atoms with van der Waals surface area (Å²) < 4.78 is 13.1. The van der Waals surface area contributed by atoms with Crippen molar-refractivity contribution in [1.29, 1.82) is 0 Å². The minimum Gasteiger partial charge on any atom is -0.398 e. The average molecular weight is 255 g/mol. The van der Waals surface area contributed by atoms with Gasteiger partial charge < -0.3 is 10.8 Å². The standard InChI is InChI=1S/C13H18FNOS/c14-10-4-5-11(15)12(8-10)17-9-13(16)6-2-1-3-7-13/h4-5,8,16H,1-3,6-7,9,15H2. The van der Waals surface area contributed by atoms with Crippen LogP contribution in [0.5, 0.6) is 0 Å². The van der Waals surface area contributed by atoms with Crippen LogP contribution in [0.1, 0.15) is 32.1 Å². The van der Waals surface area contributed by atoms with Crippen molar-refractivity contribution in [2.45, 2.75) is 42.6 Å². The summed E-state index contributed by atoms with van der Waals surface area (Å²) in [6, 6.07) is 4.36. The van der Waals surface area contributed by atoms with Gasteiger partial charge in [0.15, 0.2) is 0 Å². The fourth-order valence-electron chi connectivity index (χ4n) is 2.20. The Balaban J connectivity index is 1.99. The van der Waals surface area contributed by atoms with Gasteiger partial charge in [-0.25, -0.2) is 4.39 Å². The molecule has 1 fully saturated rings. The highest BCUT2D eigenvalue weighted by molar-refractivity contribution is 7.99. The molecule has 17 heavy (non-hydrogen) atoms. The molecule has 0 saturated heterocycles. The molecule has 0 unspecified atom stereocenters. The van der Waals surface area contributed by atoms with Crippen LogP contribution >= 0.6 is 11.8 Å². The molecule has 0 radical (unpaired) electrons. The van der Waals surface area contributed by atoms with E-state index in [4.69, 9.17) is 5.73 Å². The Bertz CT molecular complexity index is 391. The summed E-state index contributed by atoms with van der Waals surface area (Å²) >= 11 is 1.45. The molecule has 0 atom stereocenters. The van der Waals surface area contributed by atoms with E-state index in [1.165, 1.54) is 30.3 Å². The van der Waals surface area contributed by atoms with Gasteiger partial charge in [0.05, 0.1) is 5.60 Å². The van der Waals surface area contributed by atoms with Crippen molar-refractivity contribution in [1.82, 2.24) is 0 Å². The van der Waals surface area contributed by atoms with E-state index in [-0.39, 0.29) is 5.82 Å². The van der Waals surface area contributed by atoms with Crippen LogP contribution in [-0.2, 0) is 0 Å². The van der Waals surface area contributed by atoms with Gasteiger partial charge >= 0.3 is 0 Å². The molecule has 0 spiro atoms. The third kappa shape index (κ3) is 3.36. The number of rotatable bonds is 3. The summed E-state index contributed by atoms with van der Waals surface area (Å²) in [5.41, 5.74) is 5.76. The lowest BCUT2D eigenvalue weighted by Crippen LogP contribution is -2.34. The Morgan fingerprint density at radius 2 is 2.00 bits per heavy atom. The van der Waals surface area contributed by atoms with Crippen LogP contribution in [0.4, 0.5) is 10.1 Å². The number of anilines is 1. The molecule has 1 aromatic rings. The second-order valence-corrected chi connectivity index (χ2v) is 5.77. The molecule has 1 aromatic carbocycles. The zero-order valence-corrected chi connectivity index (χ0v) is 10.6. The van der Waals surface area contributed by atoms with E-state index in [9.17, 15) is 9.50 Å². The van der Waals surface area contributed by atoms with Crippen LogP contribution in [0.15, 0.2) is 23.1 Å². The van der Waals surface area contributed by atoms with E-state index >= 15 is 0 Å². The molecular formula is C13H18FNOS. The number of halogens is 1. The smallest absolute Gasteiger partial charge is 0.124 e. The highest BCUT2D eigenvalue weighted by atomic mass is 32.2. The molecule has 3 N–H and O–H groups in total. The van der Waals surface area contributed by atoms with Crippen molar-refractivity contribution in [3.8, 4) is 0 Å². The molecule has 94 valence electrons. The predicted molar refractivity (Wildman–Crippen MR) is 69.6 cm³/mol. The normalized spacial score (nSPS) is 19.2. The van der Waals surface area contributed by atoms with Crippen LogP contribution in [0, 0.1) is 5.82 Å². The van der Waals surface area contributed by atoms with E-state index in [1.807, 2.05) is 0 Å². The van der Waals surface area contributed by atoms with E-state index in [1.54, 1.807) is 6.07 Å². The van der Waals surface area contributed by atoms with Crippen LogP contribution in [-0.4, -0.2) is 16.5 Å². The first-order valence-corrected chi connectivity index (χ1v) is 6.98. The maximum absolute atomic E-state index is 13.1. The zero-order chi connectivity index (χ0) is 12.3. The lowest BCUT2D eigenvalue weighted by molar-refractivity contribution is 0.0273. The summed E-state index contributed by atoms with van der Waals surface area (Å²) in [6.45, 7) is 0.